The predicted molar refractivity (Wildman–Crippen MR) is 125 cm³/mol. The fourth-order valence-electron chi connectivity index (χ4n) is 4.47. The van der Waals surface area contributed by atoms with E-state index in [2.05, 4.69) is 80.6 Å². The quantitative estimate of drug-likeness (QED) is 0.459. The van der Waals surface area contributed by atoms with Crippen LogP contribution in [0, 0.1) is 13.8 Å². The molecule has 166 valence electrons. The second kappa shape index (κ2) is 8.84. The van der Waals surface area contributed by atoms with Crippen molar-refractivity contribution in [2.24, 2.45) is 0 Å². The lowest BCUT2D eigenvalue weighted by atomic mass is 10.1. The highest BCUT2D eigenvalue weighted by atomic mass is 16.5. The van der Waals surface area contributed by atoms with Crippen LogP contribution in [-0.2, 0) is 6.54 Å². The molecule has 0 spiro atoms. The number of para-hydroxylation sites is 2. The second-order valence-electron chi connectivity index (χ2n) is 8.68. The molecule has 3 heterocycles. The Labute approximate surface area is 188 Å². The molecular formula is C25H30N6O. The Morgan fingerprint density at radius 3 is 2.44 bits per heavy atom. The first-order chi connectivity index (χ1) is 15.6. The highest BCUT2D eigenvalue weighted by molar-refractivity contribution is 5.75. The molecule has 32 heavy (non-hydrogen) atoms. The monoisotopic (exact) mass is 430 g/mol. The van der Waals surface area contributed by atoms with E-state index in [9.17, 15) is 0 Å². The van der Waals surface area contributed by atoms with Crippen molar-refractivity contribution in [3.8, 4) is 11.4 Å². The van der Waals surface area contributed by atoms with Gasteiger partial charge in [0, 0.05) is 44.8 Å². The van der Waals surface area contributed by atoms with Gasteiger partial charge in [-0.05, 0) is 32.9 Å². The van der Waals surface area contributed by atoms with Crippen LogP contribution in [0.3, 0.4) is 0 Å². The van der Waals surface area contributed by atoms with Crippen LogP contribution >= 0.6 is 0 Å². The molecule has 2 aromatic carbocycles. The number of piperazine rings is 1. The Balaban J connectivity index is 1.17. The molecule has 0 radical (unpaired) electrons. The van der Waals surface area contributed by atoms with Crippen LogP contribution in [0.15, 0.2) is 53.1 Å². The van der Waals surface area contributed by atoms with E-state index in [0.717, 1.165) is 56.2 Å². The van der Waals surface area contributed by atoms with Gasteiger partial charge in [0.15, 0.2) is 0 Å². The van der Waals surface area contributed by atoms with E-state index in [4.69, 9.17) is 4.52 Å². The zero-order chi connectivity index (χ0) is 22.1. The molecule has 0 N–H and O–H groups in total. The van der Waals surface area contributed by atoms with E-state index in [-0.39, 0.29) is 6.04 Å². The molecule has 2 aromatic heterocycles. The average molecular weight is 431 g/mol. The number of imidazole rings is 1. The van der Waals surface area contributed by atoms with Crippen molar-refractivity contribution in [1.29, 1.82) is 0 Å². The molecule has 1 saturated heterocycles. The zero-order valence-electron chi connectivity index (χ0n) is 19.0. The van der Waals surface area contributed by atoms with Crippen LogP contribution in [0.25, 0.3) is 22.4 Å². The molecule has 0 amide bonds. The molecule has 1 atom stereocenters. The number of rotatable bonds is 6. The van der Waals surface area contributed by atoms with E-state index < -0.39 is 0 Å². The number of hydrogen-bond acceptors (Lipinski definition) is 6. The summed E-state index contributed by atoms with van der Waals surface area (Å²) in [5, 5.41) is 4.21. The number of hydrogen-bond donors (Lipinski definition) is 0. The number of nitrogens with zero attached hydrogens (tertiary/aromatic N) is 6. The maximum Gasteiger partial charge on any atom is 0.244 e. The van der Waals surface area contributed by atoms with Crippen LogP contribution in [0.5, 0.6) is 0 Å². The third kappa shape index (κ3) is 4.18. The topological polar surface area (TPSA) is 63.2 Å². The van der Waals surface area contributed by atoms with Crippen LogP contribution in [0.2, 0.25) is 0 Å². The molecule has 0 aliphatic carbocycles. The predicted octanol–water partition coefficient (Wildman–Crippen LogP) is 4.08. The molecule has 1 fully saturated rings. The number of benzene rings is 2. The molecule has 7 nitrogen and oxygen atoms in total. The summed E-state index contributed by atoms with van der Waals surface area (Å²) < 4.78 is 7.94. The van der Waals surface area contributed by atoms with E-state index in [1.165, 1.54) is 11.1 Å². The van der Waals surface area contributed by atoms with Gasteiger partial charge < -0.3 is 9.09 Å². The maximum absolute atomic E-state index is 5.62. The smallest absolute Gasteiger partial charge is 0.244 e. The van der Waals surface area contributed by atoms with Gasteiger partial charge in [0.25, 0.3) is 0 Å². The standard InChI is InChI=1S/C25H30N6O/c1-18-8-10-21(11-9-18)24-27-25(32-28-24)19(2)30-15-12-29(13-16-30)14-17-31-20(3)26-22-6-4-5-7-23(22)31/h4-11,19H,12-17H2,1-3H3/t19-/m0/s1. The molecule has 4 aromatic rings. The van der Waals surface area contributed by atoms with E-state index in [1.54, 1.807) is 0 Å². The van der Waals surface area contributed by atoms with Crippen LogP contribution in [-0.4, -0.2) is 62.2 Å². The fraction of sp³-hybridized carbons (Fsp3) is 0.400. The van der Waals surface area contributed by atoms with Crippen molar-refractivity contribution in [2.75, 3.05) is 32.7 Å². The first-order valence-electron chi connectivity index (χ1n) is 11.4. The average Bonchev–Trinajstić information content (AvgIpc) is 3.42. The Morgan fingerprint density at radius 1 is 0.906 bits per heavy atom. The lowest BCUT2D eigenvalue weighted by Crippen LogP contribution is -2.47. The molecule has 1 aliphatic rings. The Kier molecular flexibility index (Phi) is 5.76. The van der Waals surface area contributed by atoms with E-state index in [0.29, 0.717) is 11.7 Å². The lowest BCUT2D eigenvalue weighted by molar-refractivity contribution is 0.0865. The fourth-order valence-corrected chi connectivity index (χ4v) is 4.47. The van der Waals surface area contributed by atoms with Crippen LogP contribution in [0.4, 0.5) is 0 Å². The number of fused-ring (bicyclic) bond motifs is 1. The van der Waals surface area contributed by atoms with Crippen molar-refractivity contribution >= 4 is 11.0 Å². The van der Waals surface area contributed by atoms with Crippen molar-refractivity contribution in [3.63, 3.8) is 0 Å². The van der Waals surface area contributed by atoms with Gasteiger partial charge in [0.05, 0.1) is 17.1 Å². The summed E-state index contributed by atoms with van der Waals surface area (Å²) in [7, 11) is 0. The minimum absolute atomic E-state index is 0.115. The summed E-state index contributed by atoms with van der Waals surface area (Å²) in [4.78, 5) is 14.3. The van der Waals surface area contributed by atoms with Gasteiger partial charge in [-0.2, -0.15) is 4.98 Å². The van der Waals surface area contributed by atoms with Gasteiger partial charge in [-0.15, -0.1) is 0 Å². The molecule has 0 unspecified atom stereocenters. The third-order valence-corrected chi connectivity index (χ3v) is 6.55. The Bertz CT molecular complexity index is 1190. The van der Waals surface area contributed by atoms with Gasteiger partial charge in [-0.1, -0.05) is 47.1 Å². The van der Waals surface area contributed by atoms with Gasteiger partial charge in [0.1, 0.15) is 5.82 Å². The first kappa shape index (κ1) is 20.8. The summed E-state index contributed by atoms with van der Waals surface area (Å²) >= 11 is 0. The summed E-state index contributed by atoms with van der Waals surface area (Å²) in [6, 6.07) is 16.7. The Hall–Kier alpha value is -3.03. The highest BCUT2D eigenvalue weighted by Gasteiger charge is 2.26. The van der Waals surface area contributed by atoms with Crippen molar-refractivity contribution in [1.82, 2.24) is 29.5 Å². The summed E-state index contributed by atoms with van der Waals surface area (Å²) in [5.74, 6) is 2.43. The maximum atomic E-state index is 5.62. The Morgan fingerprint density at radius 2 is 1.66 bits per heavy atom. The zero-order valence-corrected chi connectivity index (χ0v) is 19.0. The van der Waals surface area contributed by atoms with Crippen LogP contribution < -0.4 is 0 Å². The SMILES string of the molecule is Cc1ccc(-c2noc([C@H](C)N3CCN(CCn4c(C)nc5ccccc54)CC3)n2)cc1. The number of aryl methyl sites for hydroxylation is 2. The van der Waals surface area contributed by atoms with Crippen molar-refractivity contribution in [3.05, 3.63) is 65.8 Å². The van der Waals surface area contributed by atoms with Gasteiger partial charge in [0.2, 0.25) is 11.7 Å². The lowest BCUT2D eigenvalue weighted by Gasteiger charge is -2.36. The molecule has 7 heteroatoms. The number of aromatic nitrogens is 4. The normalized spacial score (nSPS) is 16.6. The summed E-state index contributed by atoms with van der Waals surface area (Å²) in [6.45, 7) is 12.4. The minimum atomic E-state index is 0.115. The molecular weight excluding hydrogens is 400 g/mol. The largest absolute Gasteiger partial charge is 0.337 e. The first-order valence-corrected chi connectivity index (χ1v) is 11.4. The third-order valence-electron chi connectivity index (χ3n) is 6.55. The molecule has 0 bridgehead atoms. The van der Waals surface area contributed by atoms with Crippen molar-refractivity contribution in [2.45, 2.75) is 33.4 Å². The molecule has 0 saturated carbocycles. The second-order valence-corrected chi connectivity index (χ2v) is 8.68. The van der Waals surface area contributed by atoms with Crippen molar-refractivity contribution < 1.29 is 4.52 Å². The summed E-state index contributed by atoms with van der Waals surface area (Å²) in [5.41, 5.74) is 4.51. The molecule has 5 rings (SSSR count). The minimum Gasteiger partial charge on any atom is -0.337 e. The van der Waals surface area contributed by atoms with Gasteiger partial charge in [-0.25, -0.2) is 4.98 Å². The highest BCUT2D eigenvalue weighted by Crippen LogP contribution is 2.24. The van der Waals surface area contributed by atoms with Gasteiger partial charge in [-0.3, -0.25) is 9.80 Å². The van der Waals surface area contributed by atoms with Gasteiger partial charge >= 0.3 is 0 Å². The van der Waals surface area contributed by atoms with E-state index in [1.807, 2.05) is 18.2 Å². The van der Waals surface area contributed by atoms with Crippen LogP contribution in [0.1, 0.15) is 30.2 Å². The van der Waals surface area contributed by atoms with E-state index >= 15 is 0 Å². The molecule has 1 aliphatic heterocycles. The summed E-state index contributed by atoms with van der Waals surface area (Å²) in [6.07, 6.45) is 0.